The zero-order valence-electron chi connectivity index (χ0n) is 18.8. The number of rotatable bonds is 4. The van der Waals surface area contributed by atoms with Crippen LogP contribution >= 0.6 is 0 Å². The van der Waals surface area contributed by atoms with Gasteiger partial charge in [-0.25, -0.2) is 9.37 Å². The largest absolute Gasteiger partial charge is 0.311 e. The molecule has 2 saturated carbocycles. The van der Waals surface area contributed by atoms with E-state index >= 15 is 0 Å². The summed E-state index contributed by atoms with van der Waals surface area (Å²) < 4.78 is 14.4. The average Bonchev–Trinajstić information content (AvgIpc) is 3.08. The average molecular weight is 446 g/mol. The van der Waals surface area contributed by atoms with Gasteiger partial charge in [-0.2, -0.15) is 5.26 Å². The number of carbonyl (C=O) groups excluding carboxylic acids is 2. The van der Waals surface area contributed by atoms with Crippen molar-refractivity contribution in [2.24, 2.45) is 23.2 Å². The van der Waals surface area contributed by atoms with Crippen LogP contribution in [0.15, 0.2) is 36.5 Å². The first-order chi connectivity index (χ1) is 15.9. The first-order valence-corrected chi connectivity index (χ1v) is 11.9. The van der Waals surface area contributed by atoms with Crippen LogP contribution in [0.3, 0.4) is 0 Å². The van der Waals surface area contributed by atoms with E-state index in [0.717, 1.165) is 36.8 Å². The number of pyridine rings is 1. The summed E-state index contributed by atoms with van der Waals surface area (Å²) >= 11 is 0. The summed E-state index contributed by atoms with van der Waals surface area (Å²) in [6, 6.07) is 10.7. The van der Waals surface area contributed by atoms with Gasteiger partial charge >= 0.3 is 0 Å². The molecule has 170 valence electrons. The highest BCUT2D eigenvalue weighted by molar-refractivity contribution is 5.90. The highest BCUT2D eigenvalue weighted by atomic mass is 19.1. The predicted octanol–water partition coefficient (Wildman–Crippen LogP) is 5.16. The number of fused-ring (bicyclic) bond motifs is 5. The van der Waals surface area contributed by atoms with Crippen molar-refractivity contribution in [1.29, 1.82) is 5.26 Å². The van der Waals surface area contributed by atoms with Crippen molar-refractivity contribution in [2.75, 3.05) is 5.32 Å². The summed E-state index contributed by atoms with van der Waals surface area (Å²) in [5, 5.41) is 11.7. The molecule has 1 heterocycles. The molecule has 0 radical (unpaired) electrons. The van der Waals surface area contributed by atoms with Crippen LogP contribution in [-0.2, 0) is 16.0 Å². The van der Waals surface area contributed by atoms with E-state index in [2.05, 4.69) is 23.3 Å². The minimum absolute atomic E-state index is 0.105. The number of ketones is 1. The van der Waals surface area contributed by atoms with Crippen LogP contribution in [-0.4, -0.2) is 16.7 Å². The molecule has 0 bridgehead atoms. The molecule has 0 saturated heterocycles. The van der Waals surface area contributed by atoms with Gasteiger partial charge in [0, 0.05) is 24.5 Å². The van der Waals surface area contributed by atoms with Crippen molar-refractivity contribution >= 4 is 17.5 Å². The van der Waals surface area contributed by atoms with Crippen molar-refractivity contribution in [2.45, 2.75) is 57.8 Å². The standard InChI is InChI=1S/C27H28FN3O2/c1-27-12-11-19-18-3-2-4-22(28)20(18)7-8-21(19)26(27)17(13-23(27)32)6-10-25(33)31-24-9-5-16(14-29)15-30-24/h2-5,9,15,17,19,21,26H,6-8,10-13H2,1H3,(H,30,31,33)/t17-,19?,21?,26?,27-/m1/s1. The molecule has 5 atom stereocenters. The fourth-order valence-electron chi connectivity index (χ4n) is 6.95. The Kier molecular flexibility index (Phi) is 5.52. The zero-order valence-corrected chi connectivity index (χ0v) is 18.8. The number of aromatic nitrogens is 1. The smallest absolute Gasteiger partial charge is 0.225 e. The first kappa shape index (κ1) is 21.8. The molecule has 5 rings (SSSR count). The van der Waals surface area contributed by atoms with Crippen molar-refractivity contribution in [3.63, 3.8) is 0 Å². The van der Waals surface area contributed by atoms with E-state index in [4.69, 9.17) is 5.26 Å². The minimum atomic E-state index is -0.332. The molecule has 6 heteroatoms. The molecule has 1 aromatic heterocycles. The van der Waals surface area contributed by atoms with Gasteiger partial charge in [-0.1, -0.05) is 19.1 Å². The number of carbonyl (C=O) groups is 2. The second-order valence-electron chi connectivity index (χ2n) is 10.1. The molecule has 3 aliphatic carbocycles. The number of nitriles is 1. The number of Topliss-reactive ketones (excluding diaryl/α,β-unsaturated/α-hetero) is 1. The Morgan fingerprint density at radius 1 is 1.30 bits per heavy atom. The number of benzene rings is 1. The zero-order chi connectivity index (χ0) is 23.2. The van der Waals surface area contributed by atoms with Crippen molar-refractivity contribution in [3.8, 4) is 6.07 Å². The normalized spacial score (nSPS) is 30.0. The molecule has 5 nitrogen and oxygen atoms in total. The number of halogens is 1. The van der Waals surface area contributed by atoms with Gasteiger partial charge < -0.3 is 5.32 Å². The lowest BCUT2D eigenvalue weighted by Gasteiger charge is -2.50. The van der Waals surface area contributed by atoms with Crippen LogP contribution < -0.4 is 5.32 Å². The van der Waals surface area contributed by atoms with E-state index in [1.165, 1.54) is 6.20 Å². The fraction of sp³-hybridized carbons (Fsp3) is 0.481. The minimum Gasteiger partial charge on any atom is -0.311 e. The van der Waals surface area contributed by atoms with Gasteiger partial charge in [0.05, 0.1) is 5.56 Å². The van der Waals surface area contributed by atoms with Gasteiger partial charge in [-0.15, -0.1) is 0 Å². The Labute approximate surface area is 193 Å². The molecule has 1 aromatic carbocycles. The molecular weight excluding hydrogens is 417 g/mol. The Bertz CT molecular complexity index is 1140. The number of hydrogen-bond acceptors (Lipinski definition) is 4. The van der Waals surface area contributed by atoms with Crippen molar-refractivity contribution < 1.29 is 14.0 Å². The van der Waals surface area contributed by atoms with Gasteiger partial charge in [0.2, 0.25) is 5.91 Å². The van der Waals surface area contributed by atoms with Gasteiger partial charge in [0.15, 0.2) is 0 Å². The summed E-state index contributed by atoms with van der Waals surface area (Å²) in [5.74, 6) is 1.59. The van der Waals surface area contributed by atoms with E-state index < -0.39 is 0 Å². The Morgan fingerprint density at radius 3 is 2.91 bits per heavy atom. The highest BCUT2D eigenvalue weighted by Crippen LogP contribution is 2.62. The summed E-state index contributed by atoms with van der Waals surface area (Å²) in [6.45, 7) is 2.12. The third-order valence-corrected chi connectivity index (χ3v) is 8.47. The second-order valence-corrected chi connectivity index (χ2v) is 10.1. The fourth-order valence-corrected chi connectivity index (χ4v) is 6.95. The Hall–Kier alpha value is -3.07. The van der Waals surface area contributed by atoms with Gasteiger partial charge in [0.1, 0.15) is 23.5 Å². The number of hydrogen-bond donors (Lipinski definition) is 1. The Balaban J connectivity index is 1.31. The molecule has 3 unspecified atom stereocenters. The van der Waals surface area contributed by atoms with E-state index in [9.17, 15) is 14.0 Å². The van der Waals surface area contributed by atoms with E-state index in [-0.39, 0.29) is 29.0 Å². The lowest BCUT2D eigenvalue weighted by atomic mass is 9.54. The lowest BCUT2D eigenvalue weighted by Crippen LogP contribution is -2.44. The van der Waals surface area contributed by atoms with Gasteiger partial charge in [-0.05, 0) is 85.1 Å². The van der Waals surface area contributed by atoms with E-state index in [1.807, 2.05) is 12.1 Å². The van der Waals surface area contributed by atoms with Crippen LogP contribution in [0.4, 0.5) is 10.2 Å². The third kappa shape index (κ3) is 3.74. The highest BCUT2D eigenvalue weighted by Gasteiger charge is 2.58. The van der Waals surface area contributed by atoms with Gasteiger partial charge in [-0.3, -0.25) is 9.59 Å². The lowest BCUT2D eigenvalue weighted by molar-refractivity contribution is -0.129. The van der Waals surface area contributed by atoms with Crippen LogP contribution in [0.1, 0.15) is 68.1 Å². The molecule has 1 amide bonds. The van der Waals surface area contributed by atoms with E-state index in [0.29, 0.717) is 48.3 Å². The maximum absolute atomic E-state index is 14.4. The molecule has 1 N–H and O–H groups in total. The molecule has 3 aliphatic rings. The molecular formula is C27H28FN3O2. The summed E-state index contributed by atoms with van der Waals surface area (Å²) in [7, 11) is 0. The SMILES string of the molecule is C[C@]12CCC3c4cccc(F)c4CCC3C1[C@H](CCC(=O)Nc1ccc(C#N)cn1)CC2=O. The second kappa shape index (κ2) is 8.37. The summed E-state index contributed by atoms with van der Waals surface area (Å²) in [6.07, 6.45) is 6.35. The predicted molar refractivity (Wildman–Crippen MR) is 122 cm³/mol. The van der Waals surface area contributed by atoms with Crippen LogP contribution in [0.5, 0.6) is 0 Å². The Morgan fingerprint density at radius 2 is 2.15 bits per heavy atom. The molecule has 33 heavy (non-hydrogen) atoms. The van der Waals surface area contributed by atoms with Crippen LogP contribution in [0.25, 0.3) is 0 Å². The number of nitrogens with zero attached hydrogens (tertiary/aromatic N) is 2. The quantitative estimate of drug-likeness (QED) is 0.704. The molecule has 0 spiro atoms. The maximum atomic E-state index is 14.4. The number of anilines is 1. The molecule has 0 aliphatic heterocycles. The number of amides is 1. The summed E-state index contributed by atoms with van der Waals surface area (Å²) in [5.41, 5.74) is 2.10. The van der Waals surface area contributed by atoms with Crippen molar-refractivity contribution in [1.82, 2.24) is 4.98 Å². The first-order valence-electron chi connectivity index (χ1n) is 11.9. The molecule has 2 aromatic rings. The molecule has 2 fully saturated rings. The van der Waals surface area contributed by atoms with Crippen molar-refractivity contribution in [3.05, 3.63) is 59.0 Å². The van der Waals surface area contributed by atoms with Crippen LogP contribution in [0, 0.1) is 40.3 Å². The van der Waals surface area contributed by atoms with E-state index in [1.54, 1.807) is 18.2 Å². The maximum Gasteiger partial charge on any atom is 0.225 e. The topological polar surface area (TPSA) is 82.8 Å². The number of nitrogens with one attached hydrogen (secondary N) is 1. The van der Waals surface area contributed by atoms with Crippen LogP contribution in [0.2, 0.25) is 0 Å². The summed E-state index contributed by atoms with van der Waals surface area (Å²) in [4.78, 5) is 29.8. The van der Waals surface area contributed by atoms with Gasteiger partial charge in [0.25, 0.3) is 0 Å². The third-order valence-electron chi connectivity index (χ3n) is 8.47. The monoisotopic (exact) mass is 445 g/mol.